The van der Waals surface area contributed by atoms with Crippen LogP contribution in [0.1, 0.15) is 56.6 Å². The highest BCUT2D eigenvalue weighted by Crippen LogP contribution is 2.32. The van der Waals surface area contributed by atoms with Gasteiger partial charge in [-0.05, 0) is 26.8 Å². The van der Waals surface area contributed by atoms with Gasteiger partial charge >= 0.3 is 0 Å². The quantitative estimate of drug-likeness (QED) is 0.851. The Labute approximate surface area is 97.6 Å². The van der Waals surface area contributed by atoms with Gasteiger partial charge in [-0.3, -0.25) is 0 Å². The molecule has 1 heterocycles. The molecule has 2 rings (SSSR count). The first-order valence-electron chi connectivity index (χ1n) is 6.41. The lowest BCUT2D eigenvalue weighted by Gasteiger charge is -2.18. The minimum absolute atomic E-state index is 0.451. The molecule has 0 aliphatic heterocycles. The van der Waals surface area contributed by atoms with E-state index in [-0.39, 0.29) is 0 Å². The molecule has 1 aromatic rings. The van der Waals surface area contributed by atoms with E-state index in [9.17, 15) is 0 Å². The first-order valence-corrected chi connectivity index (χ1v) is 6.41. The van der Waals surface area contributed by atoms with Crippen LogP contribution < -0.4 is 5.32 Å². The van der Waals surface area contributed by atoms with Gasteiger partial charge in [-0.2, -0.15) is 0 Å². The third kappa shape index (κ3) is 2.85. The summed E-state index contributed by atoms with van der Waals surface area (Å²) in [6, 6.07) is 0.451. The van der Waals surface area contributed by atoms with Crippen LogP contribution in [0, 0.1) is 0 Å². The number of nitrogens with zero attached hydrogens (tertiary/aromatic N) is 1. The first-order chi connectivity index (χ1) is 7.79. The smallest absolute Gasteiger partial charge is 0.197 e. The van der Waals surface area contributed by atoms with Gasteiger partial charge < -0.3 is 9.73 Å². The molecule has 1 N–H and O–H groups in total. The Hall–Kier alpha value is -0.830. The molecule has 0 spiro atoms. The van der Waals surface area contributed by atoms with Crippen molar-refractivity contribution >= 4 is 0 Å². The number of likely N-dealkylation sites (N-methyl/N-ethyl adjacent to an activating group) is 1. The lowest BCUT2D eigenvalue weighted by molar-refractivity contribution is 0.347. The molecule has 0 bridgehead atoms. The van der Waals surface area contributed by atoms with Gasteiger partial charge in [0.15, 0.2) is 5.89 Å². The van der Waals surface area contributed by atoms with E-state index in [4.69, 9.17) is 4.42 Å². The van der Waals surface area contributed by atoms with Crippen molar-refractivity contribution in [2.75, 3.05) is 7.05 Å². The monoisotopic (exact) mass is 222 g/mol. The minimum Gasteiger partial charge on any atom is -0.445 e. The van der Waals surface area contributed by atoms with Gasteiger partial charge in [0.25, 0.3) is 0 Å². The van der Waals surface area contributed by atoms with Crippen LogP contribution >= 0.6 is 0 Å². The molecule has 1 aliphatic carbocycles. The average molecular weight is 222 g/mol. The van der Waals surface area contributed by atoms with Crippen LogP contribution in [0.5, 0.6) is 0 Å². The van der Waals surface area contributed by atoms with E-state index in [1.807, 2.05) is 13.2 Å². The molecular formula is C13H22N2O. The van der Waals surface area contributed by atoms with Gasteiger partial charge in [0.05, 0.1) is 6.20 Å². The highest BCUT2D eigenvalue weighted by atomic mass is 16.4. The van der Waals surface area contributed by atoms with Crippen molar-refractivity contribution in [3.8, 4) is 0 Å². The molecule has 16 heavy (non-hydrogen) atoms. The molecule has 0 amide bonds. The molecule has 3 heteroatoms. The summed E-state index contributed by atoms with van der Waals surface area (Å²) in [6.45, 7) is 2.16. The highest BCUT2D eigenvalue weighted by molar-refractivity contribution is 5.01. The largest absolute Gasteiger partial charge is 0.445 e. The third-order valence-corrected chi connectivity index (χ3v) is 3.53. The summed E-state index contributed by atoms with van der Waals surface area (Å²) in [4.78, 5) is 4.43. The summed E-state index contributed by atoms with van der Waals surface area (Å²) >= 11 is 0. The number of oxazole rings is 1. The van der Waals surface area contributed by atoms with E-state index in [0.717, 1.165) is 18.1 Å². The Morgan fingerprint density at radius 3 is 2.88 bits per heavy atom. The summed E-state index contributed by atoms with van der Waals surface area (Å²) in [6.07, 6.45) is 9.36. The number of hydrogen-bond acceptors (Lipinski definition) is 3. The zero-order valence-electron chi connectivity index (χ0n) is 10.3. The van der Waals surface area contributed by atoms with Crippen LogP contribution in [0.3, 0.4) is 0 Å². The fourth-order valence-corrected chi connectivity index (χ4v) is 2.36. The molecule has 0 saturated heterocycles. The maximum absolute atomic E-state index is 5.84. The first kappa shape index (κ1) is 11.6. The summed E-state index contributed by atoms with van der Waals surface area (Å²) in [5.74, 6) is 2.56. The second-order valence-corrected chi connectivity index (χ2v) is 4.89. The van der Waals surface area contributed by atoms with Crippen LogP contribution in [0.2, 0.25) is 0 Å². The fourth-order valence-electron chi connectivity index (χ4n) is 2.36. The van der Waals surface area contributed by atoms with Gasteiger partial charge in [-0.25, -0.2) is 4.98 Å². The second-order valence-electron chi connectivity index (χ2n) is 4.89. The van der Waals surface area contributed by atoms with Crippen molar-refractivity contribution in [3.05, 3.63) is 17.8 Å². The molecule has 1 atom stereocenters. The lowest BCUT2D eigenvalue weighted by atomic mass is 9.89. The molecule has 1 aromatic heterocycles. The van der Waals surface area contributed by atoms with E-state index in [1.54, 1.807) is 0 Å². The maximum Gasteiger partial charge on any atom is 0.197 e. The highest BCUT2D eigenvalue weighted by Gasteiger charge is 2.20. The summed E-state index contributed by atoms with van der Waals surface area (Å²) in [5, 5.41) is 3.21. The molecule has 0 radical (unpaired) electrons. The van der Waals surface area contributed by atoms with Crippen molar-refractivity contribution in [1.82, 2.24) is 10.3 Å². The predicted molar refractivity (Wildman–Crippen MR) is 64.6 cm³/mol. The van der Waals surface area contributed by atoms with Crippen LogP contribution in [0.4, 0.5) is 0 Å². The van der Waals surface area contributed by atoms with Gasteiger partial charge in [0, 0.05) is 18.4 Å². The van der Waals surface area contributed by atoms with Gasteiger partial charge in [0.1, 0.15) is 5.76 Å². The standard InChI is InChI=1S/C13H22N2O/c1-10(14-2)8-12-9-15-13(16-12)11-6-4-3-5-7-11/h9-11,14H,3-8H2,1-2H3. The van der Waals surface area contributed by atoms with Crippen LogP contribution in [-0.2, 0) is 6.42 Å². The third-order valence-electron chi connectivity index (χ3n) is 3.53. The van der Waals surface area contributed by atoms with Crippen molar-refractivity contribution in [3.63, 3.8) is 0 Å². The van der Waals surface area contributed by atoms with Crippen molar-refractivity contribution in [1.29, 1.82) is 0 Å². The zero-order chi connectivity index (χ0) is 11.4. The Bertz CT molecular complexity index is 315. The number of rotatable bonds is 4. The minimum atomic E-state index is 0.451. The molecule has 1 aliphatic rings. The second kappa shape index (κ2) is 5.48. The number of aromatic nitrogens is 1. The molecule has 90 valence electrons. The molecule has 0 aromatic carbocycles. The van der Waals surface area contributed by atoms with E-state index < -0.39 is 0 Å². The van der Waals surface area contributed by atoms with Gasteiger partial charge in [-0.15, -0.1) is 0 Å². The van der Waals surface area contributed by atoms with E-state index in [1.165, 1.54) is 32.1 Å². The molecular weight excluding hydrogens is 200 g/mol. The van der Waals surface area contributed by atoms with Crippen LogP contribution in [0.15, 0.2) is 10.6 Å². The fraction of sp³-hybridized carbons (Fsp3) is 0.769. The van der Waals surface area contributed by atoms with Crippen molar-refractivity contribution in [2.24, 2.45) is 0 Å². The van der Waals surface area contributed by atoms with Crippen molar-refractivity contribution in [2.45, 2.75) is 57.4 Å². The normalized spacial score (nSPS) is 19.9. The summed E-state index contributed by atoms with van der Waals surface area (Å²) < 4.78 is 5.84. The predicted octanol–water partition coefficient (Wildman–Crippen LogP) is 2.87. The van der Waals surface area contributed by atoms with E-state index in [2.05, 4.69) is 17.2 Å². The summed E-state index contributed by atoms with van der Waals surface area (Å²) in [5.41, 5.74) is 0. The van der Waals surface area contributed by atoms with Crippen LogP contribution in [0.25, 0.3) is 0 Å². The number of nitrogens with one attached hydrogen (secondary N) is 1. The Morgan fingerprint density at radius 2 is 2.19 bits per heavy atom. The lowest BCUT2D eigenvalue weighted by Crippen LogP contribution is -2.23. The molecule has 1 fully saturated rings. The Kier molecular flexibility index (Phi) is 3.99. The number of hydrogen-bond donors (Lipinski definition) is 1. The molecule has 1 saturated carbocycles. The van der Waals surface area contributed by atoms with Crippen LogP contribution in [-0.4, -0.2) is 18.1 Å². The van der Waals surface area contributed by atoms with Gasteiger partial charge in [-0.1, -0.05) is 19.3 Å². The van der Waals surface area contributed by atoms with Crippen molar-refractivity contribution < 1.29 is 4.42 Å². The zero-order valence-corrected chi connectivity index (χ0v) is 10.3. The maximum atomic E-state index is 5.84. The Morgan fingerprint density at radius 1 is 1.44 bits per heavy atom. The topological polar surface area (TPSA) is 38.1 Å². The van der Waals surface area contributed by atoms with E-state index in [0.29, 0.717) is 12.0 Å². The van der Waals surface area contributed by atoms with Gasteiger partial charge in [0.2, 0.25) is 0 Å². The molecule has 3 nitrogen and oxygen atoms in total. The summed E-state index contributed by atoms with van der Waals surface area (Å²) in [7, 11) is 1.98. The SMILES string of the molecule is CNC(C)Cc1cnc(C2CCCCC2)o1. The average Bonchev–Trinajstić information content (AvgIpc) is 2.78. The van der Waals surface area contributed by atoms with E-state index >= 15 is 0 Å². The molecule has 1 unspecified atom stereocenters. The Balaban J connectivity index is 1.95.